The topological polar surface area (TPSA) is 3.24 Å². The summed E-state index contributed by atoms with van der Waals surface area (Å²) in [4.78, 5) is 2.37. The lowest BCUT2D eigenvalue weighted by atomic mass is 9.77. The summed E-state index contributed by atoms with van der Waals surface area (Å²) in [6.45, 7) is 0. The van der Waals surface area contributed by atoms with Gasteiger partial charge in [-0.25, -0.2) is 0 Å². The second kappa shape index (κ2) is 18.3. The van der Waals surface area contributed by atoms with Crippen LogP contribution in [0, 0.1) is 0 Å². The van der Waals surface area contributed by atoms with Crippen molar-refractivity contribution >= 4 is 38.6 Å². The van der Waals surface area contributed by atoms with Gasteiger partial charge in [0.2, 0.25) is 0 Å². The first-order valence-electron chi connectivity index (χ1n) is 23.7. The highest BCUT2D eigenvalue weighted by molar-refractivity contribution is 6.22. The van der Waals surface area contributed by atoms with Crippen LogP contribution in [0.25, 0.3) is 99.4 Å². The lowest BCUT2D eigenvalue weighted by Gasteiger charge is -2.27. The first-order valence-corrected chi connectivity index (χ1v) is 23.7. The fourth-order valence-corrected chi connectivity index (χ4v) is 10.2. The van der Waals surface area contributed by atoms with Gasteiger partial charge >= 0.3 is 0 Å². The van der Waals surface area contributed by atoms with Gasteiger partial charge in [-0.3, -0.25) is 0 Å². The zero-order chi connectivity index (χ0) is 45.9. The molecule has 0 saturated carbocycles. The van der Waals surface area contributed by atoms with Crippen molar-refractivity contribution in [1.82, 2.24) is 0 Å². The molecule has 0 unspecified atom stereocenters. The van der Waals surface area contributed by atoms with Crippen molar-refractivity contribution in [2.75, 3.05) is 4.90 Å². The molecule has 0 aliphatic carbocycles. The van der Waals surface area contributed by atoms with E-state index in [1.165, 1.54) is 93.9 Å². The van der Waals surface area contributed by atoms with Crippen molar-refractivity contribution in [3.8, 4) is 77.9 Å². The molecule has 0 radical (unpaired) electrons. The van der Waals surface area contributed by atoms with E-state index in [0.29, 0.717) is 0 Å². The van der Waals surface area contributed by atoms with Gasteiger partial charge in [0, 0.05) is 17.1 Å². The molecule has 1 heteroatoms. The molecule has 0 atom stereocenters. The summed E-state index contributed by atoms with van der Waals surface area (Å²) in [5.74, 6) is 0. The van der Waals surface area contributed by atoms with Crippen LogP contribution in [-0.2, 0) is 0 Å². The highest BCUT2D eigenvalue weighted by Gasteiger charge is 2.26. The minimum Gasteiger partial charge on any atom is -0.311 e. The fraction of sp³-hybridized carbons (Fsp3) is 0. The number of rotatable bonds is 10. The quantitative estimate of drug-likeness (QED) is 0.132. The van der Waals surface area contributed by atoms with Gasteiger partial charge in [-0.15, -0.1) is 0 Å². The molecule has 0 aliphatic heterocycles. The van der Waals surface area contributed by atoms with E-state index in [1.54, 1.807) is 0 Å². The molecule has 0 amide bonds. The number of benzene rings is 12. The Morgan fingerprint density at radius 2 is 0.565 bits per heavy atom. The van der Waals surface area contributed by atoms with Crippen molar-refractivity contribution < 1.29 is 0 Å². The molecular formula is C68H47N. The van der Waals surface area contributed by atoms with Crippen LogP contribution in [0.4, 0.5) is 17.1 Å². The van der Waals surface area contributed by atoms with Gasteiger partial charge < -0.3 is 4.90 Å². The monoisotopic (exact) mass is 877 g/mol. The van der Waals surface area contributed by atoms with E-state index >= 15 is 0 Å². The zero-order valence-corrected chi connectivity index (χ0v) is 38.1. The van der Waals surface area contributed by atoms with E-state index in [9.17, 15) is 0 Å². The third-order valence-corrected chi connectivity index (χ3v) is 13.5. The van der Waals surface area contributed by atoms with Gasteiger partial charge in [0.25, 0.3) is 0 Å². The van der Waals surface area contributed by atoms with E-state index in [-0.39, 0.29) is 0 Å². The van der Waals surface area contributed by atoms with Gasteiger partial charge in [0.1, 0.15) is 0 Å². The van der Waals surface area contributed by atoms with E-state index < -0.39 is 0 Å². The van der Waals surface area contributed by atoms with Crippen molar-refractivity contribution in [3.63, 3.8) is 0 Å². The minimum absolute atomic E-state index is 1.08. The predicted octanol–water partition coefficient (Wildman–Crippen LogP) is 19.1. The SMILES string of the molecule is c1ccc(-c2ccc(N(c3ccc(-c4ccc5ccccc5c4)cc3)c3ccc(-c4cccc5c(-c6ccccc6)c(-c6ccccc6)c(-c6ccccc6)c(-c6ccccc6)c45)cc3)cc2)cc1. The van der Waals surface area contributed by atoms with Crippen molar-refractivity contribution in [2.24, 2.45) is 0 Å². The maximum absolute atomic E-state index is 2.37. The second-order valence-corrected chi connectivity index (χ2v) is 17.6. The molecule has 324 valence electrons. The van der Waals surface area contributed by atoms with Gasteiger partial charge in [-0.05, 0) is 142 Å². The maximum Gasteiger partial charge on any atom is 0.0462 e. The van der Waals surface area contributed by atoms with E-state index in [0.717, 1.165) is 22.6 Å². The summed E-state index contributed by atoms with van der Waals surface area (Å²) in [6.07, 6.45) is 0. The highest BCUT2D eigenvalue weighted by atomic mass is 15.1. The minimum atomic E-state index is 1.08. The summed E-state index contributed by atoms with van der Waals surface area (Å²) in [6, 6.07) is 104. The normalized spacial score (nSPS) is 11.2. The molecule has 1 nitrogen and oxygen atoms in total. The molecular weight excluding hydrogens is 831 g/mol. The van der Waals surface area contributed by atoms with Gasteiger partial charge in [-0.1, -0.05) is 243 Å². The second-order valence-electron chi connectivity index (χ2n) is 17.6. The summed E-state index contributed by atoms with van der Waals surface area (Å²) >= 11 is 0. The third-order valence-electron chi connectivity index (χ3n) is 13.5. The van der Waals surface area contributed by atoms with Crippen LogP contribution in [0.1, 0.15) is 0 Å². The first kappa shape index (κ1) is 41.4. The molecule has 12 rings (SSSR count). The van der Waals surface area contributed by atoms with Crippen LogP contribution in [0.5, 0.6) is 0 Å². The Bertz CT molecular complexity index is 3700. The van der Waals surface area contributed by atoms with Crippen LogP contribution < -0.4 is 4.90 Å². The molecule has 0 bridgehead atoms. The summed E-state index contributed by atoms with van der Waals surface area (Å²) < 4.78 is 0. The van der Waals surface area contributed by atoms with Crippen LogP contribution in [0.3, 0.4) is 0 Å². The molecule has 0 saturated heterocycles. The zero-order valence-electron chi connectivity index (χ0n) is 38.1. The standard InChI is InChI=1S/C68H47N/c1-6-19-48(20-7-1)50-35-41-59(42-36-50)69(60-43-37-51(38-44-60)58-34-33-49-21-16-17-30-57(49)47-58)61-45-39-52(40-46-61)62-31-18-32-63-64(53-22-8-2-9-23-53)65(54-24-10-3-11-25-54)66(55-26-12-4-13-27-55)67(68(62)63)56-28-14-5-15-29-56/h1-47H. The molecule has 0 aromatic heterocycles. The lowest BCUT2D eigenvalue weighted by Crippen LogP contribution is -2.09. The Hall–Kier alpha value is -9.04. The molecule has 0 heterocycles. The number of nitrogens with zero attached hydrogens (tertiary/aromatic N) is 1. The van der Waals surface area contributed by atoms with E-state index in [2.05, 4.69) is 290 Å². The van der Waals surface area contributed by atoms with Crippen molar-refractivity contribution in [1.29, 1.82) is 0 Å². The lowest BCUT2D eigenvalue weighted by molar-refractivity contribution is 1.28. The molecule has 69 heavy (non-hydrogen) atoms. The Balaban J connectivity index is 1.05. The Kier molecular flexibility index (Phi) is 11.0. The fourth-order valence-electron chi connectivity index (χ4n) is 10.2. The maximum atomic E-state index is 2.37. The summed E-state index contributed by atoms with van der Waals surface area (Å²) in [7, 11) is 0. The third kappa shape index (κ3) is 7.97. The molecule has 0 spiro atoms. The summed E-state index contributed by atoms with van der Waals surface area (Å²) in [5, 5.41) is 4.93. The van der Waals surface area contributed by atoms with E-state index in [4.69, 9.17) is 0 Å². The largest absolute Gasteiger partial charge is 0.311 e. The van der Waals surface area contributed by atoms with Crippen molar-refractivity contribution in [3.05, 3.63) is 285 Å². The van der Waals surface area contributed by atoms with Crippen LogP contribution in [-0.4, -0.2) is 0 Å². The van der Waals surface area contributed by atoms with Gasteiger partial charge in [0.05, 0.1) is 0 Å². The summed E-state index contributed by atoms with van der Waals surface area (Å²) in [5.41, 5.74) is 20.0. The van der Waals surface area contributed by atoms with Gasteiger partial charge in [0.15, 0.2) is 0 Å². The number of hydrogen-bond donors (Lipinski definition) is 0. The Morgan fingerprint density at radius 1 is 0.203 bits per heavy atom. The predicted molar refractivity (Wildman–Crippen MR) is 294 cm³/mol. The van der Waals surface area contributed by atoms with Crippen LogP contribution in [0.2, 0.25) is 0 Å². The number of anilines is 3. The molecule has 0 fully saturated rings. The van der Waals surface area contributed by atoms with E-state index in [1.807, 2.05) is 0 Å². The average Bonchev–Trinajstić information content (AvgIpc) is 3.44. The number of fused-ring (bicyclic) bond motifs is 2. The first-order chi connectivity index (χ1) is 34.2. The Labute approximate surface area is 404 Å². The molecule has 0 aliphatic rings. The van der Waals surface area contributed by atoms with Gasteiger partial charge in [-0.2, -0.15) is 0 Å². The highest BCUT2D eigenvalue weighted by Crippen LogP contribution is 2.53. The Morgan fingerprint density at radius 3 is 1.07 bits per heavy atom. The van der Waals surface area contributed by atoms with Crippen LogP contribution >= 0.6 is 0 Å². The molecule has 12 aromatic carbocycles. The average molecular weight is 878 g/mol. The van der Waals surface area contributed by atoms with Crippen molar-refractivity contribution in [2.45, 2.75) is 0 Å². The number of hydrogen-bond acceptors (Lipinski definition) is 1. The van der Waals surface area contributed by atoms with Crippen LogP contribution in [0.15, 0.2) is 285 Å². The smallest absolute Gasteiger partial charge is 0.0462 e. The molecule has 12 aromatic rings. The molecule has 0 N–H and O–H groups in total.